The predicted octanol–water partition coefficient (Wildman–Crippen LogP) is 3.88. The first-order valence-electron chi connectivity index (χ1n) is 9.65. The fourth-order valence-electron chi connectivity index (χ4n) is 3.31. The smallest absolute Gasteiger partial charge is 0.243 e. The molecule has 0 fully saturated rings. The number of carbonyl (C=O) groups excluding carboxylic acids is 1. The Bertz CT molecular complexity index is 1070. The van der Waals surface area contributed by atoms with Crippen LogP contribution in [0.2, 0.25) is 0 Å². The molecule has 3 rings (SSSR count). The number of imidazole rings is 1. The number of carbonyl (C=O) groups is 1. The lowest BCUT2D eigenvalue weighted by molar-refractivity contribution is -0.125. The van der Waals surface area contributed by atoms with Gasteiger partial charge in [-0.15, -0.1) is 6.42 Å². The minimum absolute atomic E-state index is 0.0805. The van der Waals surface area contributed by atoms with Crippen molar-refractivity contribution in [1.82, 2.24) is 14.9 Å². The number of terminal acetylenes is 1. The number of rotatable bonds is 8. The van der Waals surface area contributed by atoms with Gasteiger partial charge in [-0.1, -0.05) is 31.9 Å². The summed E-state index contributed by atoms with van der Waals surface area (Å²) >= 11 is 0. The second-order valence-electron chi connectivity index (χ2n) is 7.27. The van der Waals surface area contributed by atoms with E-state index < -0.39 is 17.7 Å². The van der Waals surface area contributed by atoms with Gasteiger partial charge in [0.15, 0.2) is 11.6 Å². The van der Waals surface area contributed by atoms with Gasteiger partial charge in [-0.2, -0.15) is 0 Å². The molecule has 0 bridgehead atoms. The van der Waals surface area contributed by atoms with Crippen molar-refractivity contribution < 1.29 is 18.3 Å². The second kappa shape index (κ2) is 9.40. The van der Waals surface area contributed by atoms with Gasteiger partial charge in [-0.25, -0.2) is 13.8 Å². The minimum Gasteiger partial charge on any atom is -0.481 e. The van der Waals surface area contributed by atoms with Gasteiger partial charge in [-0.05, 0) is 30.0 Å². The van der Waals surface area contributed by atoms with Crippen molar-refractivity contribution in [3.8, 4) is 18.1 Å². The van der Waals surface area contributed by atoms with Crippen LogP contribution in [0.25, 0.3) is 11.0 Å². The number of benzene rings is 2. The third-order valence-corrected chi connectivity index (χ3v) is 4.78. The summed E-state index contributed by atoms with van der Waals surface area (Å²) in [5, 5.41) is 2.93. The standard InChI is InChI=1S/C23H23F2N3O2/c1-4-11-30-17-7-5-16(6-8-17)9-10-26-23(29)22(15(2)3)28-14-27-20-12-18(24)19(25)13-21(20)28/h1,5-8,12-15,22H,9-11H2,2-3H3,(H,26,29). The summed E-state index contributed by atoms with van der Waals surface area (Å²) in [6.45, 7) is 4.43. The van der Waals surface area contributed by atoms with Crippen LogP contribution in [0.4, 0.5) is 8.78 Å². The Morgan fingerprint density at radius 1 is 1.23 bits per heavy atom. The number of nitrogens with zero attached hydrogens (tertiary/aromatic N) is 2. The van der Waals surface area contributed by atoms with Crippen molar-refractivity contribution in [1.29, 1.82) is 0 Å². The highest BCUT2D eigenvalue weighted by atomic mass is 19.2. The average Bonchev–Trinajstić information content (AvgIpc) is 3.10. The third kappa shape index (κ3) is 4.77. The molecule has 3 aromatic rings. The highest BCUT2D eigenvalue weighted by molar-refractivity contribution is 5.84. The zero-order chi connectivity index (χ0) is 21.7. The van der Waals surface area contributed by atoms with Crippen LogP contribution in [0.3, 0.4) is 0 Å². The SMILES string of the molecule is C#CCOc1ccc(CCNC(=O)C(C(C)C)n2cnc3cc(F)c(F)cc32)cc1. The van der Waals surface area contributed by atoms with E-state index in [0.29, 0.717) is 29.7 Å². The molecule has 7 heteroatoms. The largest absolute Gasteiger partial charge is 0.481 e. The Morgan fingerprint density at radius 3 is 2.60 bits per heavy atom. The third-order valence-electron chi connectivity index (χ3n) is 4.78. The molecule has 0 spiro atoms. The first-order chi connectivity index (χ1) is 14.4. The molecule has 0 saturated carbocycles. The van der Waals surface area contributed by atoms with E-state index in [1.54, 1.807) is 4.57 Å². The normalized spacial score (nSPS) is 12.0. The molecule has 30 heavy (non-hydrogen) atoms. The van der Waals surface area contributed by atoms with Crippen LogP contribution in [0, 0.1) is 29.9 Å². The Balaban J connectivity index is 1.67. The number of aromatic nitrogens is 2. The topological polar surface area (TPSA) is 56.1 Å². The molecule has 2 aromatic carbocycles. The molecule has 1 heterocycles. The number of halogens is 2. The fourth-order valence-corrected chi connectivity index (χ4v) is 3.31. The van der Waals surface area contributed by atoms with Gasteiger partial charge in [0.2, 0.25) is 5.91 Å². The summed E-state index contributed by atoms with van der Waals surface area (Å²) < 4.78 is 34.1. The van der Waals surface area contributed by atoms with E-state index in [9.17, 15) is 13.6 Å². The number of nitrogens with one attached hydrogen (secondary N) is 1. The molecule has 1 atom stereocenters. The number of hydrogen-bond donors (Lipinski definition) is 1. The molecule has 156 valence electrons. The van der Waals surface area contributed by atoms with Gasteiger partial charge in [0.1, 0.15) is 18.4 Å². The van der Waals surface area contributed by atoms with Crippen LogP contribution in [0.15, 0.2) is 42.7 Å². The number of fused-ring (bicyclic) bond motifs is 1. The molecule has 0 aliphatic heterocycles. The number of ether oxygens (including phenoxy) is 1. The van der Waals surface area contributed by atoms with Crippen LogP contribution >= 0.6 is 0 Å². The van der Waals surface area contributed by atoms with Crippen molar-refractivity contribution in [2.75, 3.05) is 13.2 Å². The summed E-state index contributed by atoms with van der Waals surface area (Å²) in [5.74, 6) is 0.881. The van der Waals surface area contributed by atoms with Crippen LogP contribution in [-0.2, 0) is 11.2 Å². The van der Waals surface area contributed by atoms with Gasteiger partial charge in [0.05, 0.1) is 17.4 Å². The molecular formula is C23H23F2N3O2. The van der Waals surface area contributed by atoms with Crippen molar-refractivity contribution in [3.05, 3.63) is 59.9 Å². The Labute approximate surface area is 174 Å². The monoisotopic (exact) mass is 411 g/mol. The van der Waals surface area contributed by atoms with Gasteiger partial charge < -0.3 is 14.6 Å². The maximum Gasteiger partial charge on any atom is 0.243 e. The summed E-state index contributed by atoms with van der Waals surface area (Å²) in [6, 6.07) is 9.00. The Morgan fingerprint density at radius 2 is 1.93 bits per heavy atom. The summed E-state index contributed by atoms with van der Waals surface area (Å²) in [6.07, 6.45) is 7.25. The molecule has 1 aromatic heterocycles. The molecule has 1 N–H and O–H groups in total. The quantitative estimate of drug-likeness (QED) is 0.573. The lowest BCUT2D eigenvalue weighted by atomic mass is 10.0. The first kappa shape index (κ1) is 21.3. The van der Waals surface area contributed by atoms with E-state index in [4.69, 9.17) is 11.2 Å². The molecule has 0 saturated heterocycles. The fraction of sp³-hybridized carbons (Fsp3) is 0.304. The molecule has 1 amide bonds. The Hall–Kier alpha value is -3.40. The van der Waals surface area contributed by atoms with E-state index in [1.807, 2.05) is 38.1 Å². The van der Waals surface area contributed by atoms with Gasteiger partial charge in [0.25, 0.3) is 0 Å². The van der Waals surface area contributed by atoms with Crippen LogP contribution < -0.4 is 10.1 Å². The van der Waals surface area contributed by atoms with Crippen molar-refractivity contribution >= 4 is 16.9 Å². The summed E-state index contributed by atoms with van der Waals surface area (Å²) in [4.78, 5) is 17.0. The molecular weight excluding hydrogens is 388 g/mol. The second-order valence-corrected chi connectivity index (χ2v) is 7.27. The molecule has 1 unspecified atom stereocenters. The first-order valence-corrected chi connectivity index (χ1v) is 9.65. The van der Waals surface area contributed by atoms with E-state index >= 15 is 0 Å². The maximum atomic E-state index is 13.7. The summed E-state index contributed by atoms with van der Waals surface area (Å²) in [5.41, 5.74) is 1.72. The van der Waals surface area contributed by atoms with E-state index in [0.717, 1.165) is 17.7 Å². The number of amides is 1. The van der Waals surface area contributed by atoms with Crippen LogP contribution in [0.1, 0.15) is 25.5 Å². The van der Waals surface area contributed by atoms with Crippen molar-refractivity contribution in [2.24, 2.45) is 5.92 Å². The van der Waals surface area contributed by atoms with Gasteiger partial charge >= 0.3 is 0 Å². The number of hydrogen-bond acceptors (Lipinski definition) is 3. The highest BCUT2D eigenvalue weighted by Gasteiger charge is 2.26. The average molecular weight is 411 g/mol. The lowest BCUT2D eigenvalue weighted by Crippen LogP contribution is -2.36. The van der Waals surface area contributed by atoms with Crippen molar-refractivity contribution in [3.63, 3.8) is 0 Å². The van der Waals surface area contributed by atoms with Crippen molar-refractivity contribution in [2.45, 2.75) is 26.3 Å². The lowest BCUT2D eigenvalue weighted by Gasteiger charge is -2.22. The van der Waals surface area contributed by atoms with E-state index in [-0.39, 0.29) is 18.4 Å². The van der Waals surface area contributed by atoms with Gasteiger partial charge in [0, 0.05) is 18.7 Å². The Kier molecular flexibility index (Phi) is 6.68. The van der Waals surface area contributed by atoms with Crippen LogP contribution in [0.5, 0.6) is 5.75 Å². The molecule has 5 nitrogen and oxygen atoms in total. The van der Waals surface area contributed by atoms with Gasteiger partial charge in [-0.3, -0.25) is 4.79 Å². The zero-order valence-electron chi connectivity index (χ0n) is 16.9. The maximum absolute atomic E-state index is 13.7. The minimum atomic E-state index is -0.971. The molecule has 0 radical (unpaired) electrons. The van der Waals surface area contributed by atoms with E-state index in [1.165, 1.54) is 6.33 Å². The highest BCUT2D eigenvalue weighted by Crippen LogP contribution is 2.25. The van der Waals surface area contributed by atoms with Crippen LogP contribution in [-0.4, -0.2) is 28.6 Å². The molecule has 0 aliphatic carbocycles. The summed E-state index contributed by atoms with van der Waals surface area (Å²) in [7, 11) is 0. The van der Waals surface area contributed by atoms with E-state index in [2.05, 4.69) is 16.2 Å². The predicted molar refractivity (Wildman–Crippen MR) is 111 cm³/mol. The zero-order valence-corrected chi connectivity index (χ0v) is 16.9. The molecule has 0 aliphatic rings.